The lowest BCUT2D eigenvalue weighted by Gasteiger charge is -2.10. The molecule has 0 aromatic heterocycles. The van der Waals surface area contributed by atoms with Crippen molar-refractivity contribution in [3.63, 3.8) is 0 Å². The second kappa shape index (κ2) is 10.4. The second-order valence-electron chi connectivity index (χ2n) is 6.71. The van der Waals surface area contributed by atoms with Gasteiger partial charge in [-0.25, -0.2) is 4.39 Å². The van der Waals surface area contributed by atoms with Gasteiger partial charge in [-0.3, -0.25) is 4.79 Å². The molecule has 4 nitrogen and oxygen atoms in total. The molecule has 0 aliphatic carbocycles. The molecule has 0 fully saturated rings. The van der Waals surface area contributed by atoms with Crippen LogP contribution in [0.4, 0.5) is 10.1 Å². The van der Waals surface area contributed by atoms with Crippen molar-refractivity contribution in [2.24, 2.45) is 0 Å². The number of rotatable bonds is 6. The molecule has 0 heterocycles. The normalized spacial score (nSPS) is 11.0. The molecule has 0 aliphatic rings. The van der Waals surface area contributed by atoms with Crippen molar-refractivity contribution < 1.29 is 13.9 Å². The summed E-state index contributed by atoms with van der Waals surface area (Å²) in [5.41, 5.74) is 3.08. The summed E-state index contributed by atoms with van der Waals surface area (Å²) in [6.07, 6.45) is 1.51. The minimum Gasteiger partial charge on any atom is -0.489 e. The molecular formula is C24H17Br2FN2O2. The van der Waals surface area contributed by atoms with Crippen LogP contribution in [0.5, 0.6) is 5.75 Å². The Morgan fingerprint density at radius 3 is 2.29 bits per heavy atom. The van der Waals surface area contributed by atoms with E-state index in [9.17, 15) is 14.4 Å². The minimum atomic E-state index is -0.510. The number of hydrogen-bond donors (Lipinski definition) is 1. The molecule has 0 saturated heterocycles. The Labute approximate surface area is 196 Å². The Morgan fingerprint density at radius 2 is 1.71 bits per heavy atom. The van der Waals surface area contributed by atoms with E-state index in [-0.39, 0.29) is 11.4 Å². The Kier molecular flexibility index (Phi) is 7.61. The number of carbonyl (C=O) groups is 1. The SMILES string of the molecule is Cc1cc(Br)c(NC(=O)/C(C#N)=C/c2ccc(OCc3ccc(F)cc3)cc2)c(Br)c1. The van der Waals surface area contributed by atoms with Crippen LogP contribution in [0.1, 0.15) is 16.7 Å². The molecule has 0 spiro atoms. The zero-order chi connectivity index (χ0) is 22.4. The highest BCUT2D eigenvalue weighted by Gasteiger charge is 2.14. The first-order valence-electron chi connectivity index (χ1n) is 9.22. The Bertz CT molecular complexity index is 1140. The van der Waals surface area contributed by atoms with E-state index >= 15 is 0 Å². The summed E-state index contributed by atoms with van der Waals surface area (Å²) in [4.78, 5) is 12.6. The highest BCUT2D eigenvalue weighted by molar-refractivity contribution is 9.11. The lowest BCUT2D eigenvalue weighted by molar-refractivity contribution is -0.112. The van der Waals surface area contributed by atoms with E-state index in [1.165, 1.54) is 18.2 Å². The van der Waals surface area contributed by atoms with E-state index in [1.54, 1.807) is 36.4 Å². The number of nitrogens with one attached hydrogen (secondary N) is 1. The average Bonchev–Trinajstić information content (AvgIpc) is 2.75. The number of benzene rings is 3. The number of nitriles is 1. The number of anilines is 1. The van der Waals surface area contributed by atoms with Gasteiger partial charge < -0.3 is 10.1 Å². The van der Waals surface area contributed by atoms with Gasteiger partial charge in [0.25, 0.3) is 5.91 Å². The summed E-state index contributed by atoms with van der Waals surface area (Å²) in [5, 5.41) is 12.2. The van der Waals surface area contributed by atoms with E-state index in [0.717, 1.165) is 11.1 Å². The summed E-state index contributed by atoms with van der Waals surface area (Å²) in [6.45, 7) is 2.25. The van der Waals surface area contributed by atoms with Crippen LogP contribution in [0, 0.1) is 24.1 Å². The maximum Gasteiger partial charge on any atom is 0.266 e. The fourth-order valence-corrected chi connectivity index (χ4v) is 4.34. The van der Waals surface area contributed by atoms with Crippen LogP contribution in [-0.2, 0) is 11.4 Å². The first-order chi connectivity index (χ1) is 14.9. The molecule has 31 heavy (non-hydrogen) atoms. The number of amides is 1. The van der Waals surface area contributed by atoms with Crippen LogP contribution in [0.3, 0.4) is 0 Å². The van der Waals surface area contributed by atoms with Gasteiger partial charge in [0, 0.05) is 8.95 Å². The zero-order valence-corrected chi connectivity index (χ0v) is 19.6. The molecule has 156 valence electrons. The van der Waals surface area contributed by atoms with Crippen LogP contribution in [-0.4, -0.2) is 5.91 Å². The lowest BCUT2D eigenvalue weighted by atomic mass is 10.1. The number of aryl methyl sites for hydroxylation is 1. The molecule has 0 saturated carbocycles. The average molecular weight is 544 g/mol. The first-order valence-corrected chi connectivity index (χ1v) is 10.8. The van der Waals surface area contributed by atoms with Gasteiger partial charge in [0.05, 0.1) is 5.69 Å². The van der Waals surface area contributed by atoms with E-state index in [0.29, 0.717) is 32.6 Å². The number of nitrogens with zero attached hydrogens (tertiary/aromatic N) is 1. The van der Waals surface area contributed by atoms with Crippen molar-refractivity contribution in [3.8, 4) is 11.8 Å². The molecule has 0 radical (unpaired) electrons. The highest BCUT2D eigenvalue weighted by atomic mass is 79.9. The lowest BCUT2D eigenvalue weighted by Crippen LogP contribution is -2.14. The maximum atomic E-state index is 13.0. The third-order valence-electron chi connectivity index (χ3n) is 4.30. The monoisotopic (exact) mass is 542 g/mol. The van der Waals surface area contributed by atoms with E-state index in [2.05, 4.69) is 37.2 Å². The van der Waals surface area contributed by atoms with Gasteiger partial charge in [-0.1, -0.05) is 24.3 Å². The van der Waals surface area contributed by atoms with Crippen molar-refractivity contribution in [2.75, 3.05) is 5.32 Å². The molecule has 3 aromatic rings. The van der Waals surface area contributed by atoms with E-state index in [4.69, 9.17) is 4.74 Å². The van der Waals surface area contributed by atoms with Gasteiger partial charge in [0.1, 0.15) is 29.8 Å². The first kappa shape index (κ1) is 22.7. The summed E-state index contributed by atoms with van der Waals surface area (Å²) in [5.74, 6) is -0.180. The van der Waals surface area contributed by atoms with Crippen molar-refractivity contribution in [2.45, 2.75) is 13.5 Å². The highest BCUT2D eigenvalue weighted by Crippen LogP contribution is 2.32. The van der Waals surface area contributed by atoms with Gasteiger partial charge in [-0.2, -0.15) is 5.26 Å². The molecule has 3 aromatic carbocycles. The van der Waals surface area contributed by atoms with Crippen molar-refractivity contribution >= 4 is 49.5 Å². The number of ether oxygens (including phenoxy) is 1. The van der Waals surface area contributed by atoms with Crippen LogP contribution >= 0.6 is 31.9 Å². The van der Waals surface area contributed by atoms with Gasteiger partial charge in [0.15, 0.2) is 0 Å². The molecule has 0 bridgehead atoms. The number of hydrogen-bond acceptors (Lipinski definition) is 3. The Balaban J connectivity index is 1.68. The predicted octanol–water partition coefficient (Wildman–Crippen LogP) is 6.78. The standard InChI is InChI=1S/C24H17Br2FN2O2/c1-15-10-21(25)23(22(26)11-15)29-24(30)18(13-28)12-16-4-8-20(9-5-16)31-14-17-2-6-19(27)7-3-17/h2-12H,14H2,1H3,(H,29,30)/b18-12+. The van der Waals surface area contributed by atoms with Crippen molar-refractivity contribution in [1.82, 2.24) is 0 Å². The summed E-state index contributed by atoms with van der Waals surface area (Å²) < 4.78 is 20.1. The molecule has 0 aliphatic heterocycles. The molecule has 7 heteroatoms. The zero-order valence-electron chi connectivity index (χ0n) is 16.5. The topological polar surface area (TPSA) is 62.1 Å². The van der Waals surface area contributed by atoms with Gasteiger partial charge >= 0.3 is 0 Å². The summed E-state index contributed by atoms with van der Waals surface area (Å²) >= 11 is 6.86. The molecule has 1 amide bonds. The molecule has 3 rings (SSSR count). The number of carbonyl (C=O) groups excluding carboxylic acids is 1. The fraction of sp³-hybridized carbons (Fsp3) is 0.0833. The third-order valence-corrected chi connectivity index (χ3v) is 5.55. The molecule has 0 atom stereocenters. The molecule has 0 unspecified atom stereocenters. The van der Waals surface area contributed by atoms with E-state index in [1.807, 2.05) is 25.1 Å². The van der Waals surface area contributed by atoms with Crippen LogP contribution in [0.25, 0.3) is 6.08 Å². The van der Waals surface area contributed by atoms with E-state index < -0.39 is 5.91 Å². The predicted molar refractivity (Wildman–Crippen MR) is 126 cm³/mol. The van der Waals surface area contributed by atoms with Gasteiger partial charge in [0.2, 0.25) is 0 Å². The van der Waals surface area contributed by atoms with Crippen LogP contribution in [0.2, 0.25) is 0 Å². The fourth-order valence-electron chi connectivity index (χ4n) is 2.72. The Hall–Kier alpha value is -2.95. The number of halogens is 3. The van der Waals surface area contributed by atoms with Gasteiger partial charge in [-0.15, -0.1) is 0 Å². The quantitative estimate of drug-likeness (QED) is 0.275. The van der Waals surface area contributed by atoms with Crippen molar-refractivity contribution in [3.05, 3.63) is 97.7 Å². The summed E-state index contributed by atoms with van der Waals surface area (Å²) in [6, 6.07) is 18.8. The van der Waals surface area contributed by atoms with Crippen LogP contribution in [0.15, 0.2) is 75.2 Å². The third kappa shape index (κ3) is 6.27. The second-order valence-corrected chi connectivity index (χ2v) is 8.42. The van der Waals surface area contributed by atoms with Crippen LogP contribution < -0.4 is 10.1 Å². The molecule has 1 N–H and O–H groups in total. The van der Waals surface area contributed by atoms with Crippen molar-refractivity contribution in [1.29, 1.82) is 5.26 Å². The van der Waals surface area contributed by atoms with Gasteiger partial charge in [-0.05, 0) is 97.9 Å². The summed E-state index contributed by atoms with van der Waals surface area (Å²) in [7, 11) is 0. The maximum absolute atomic E-state index is 13.0. The smallest absolute Gasteiger partial charge is 0.266 e. The largest absolute Gasteiger partial charge is 0.489 e. The minimum absolute atomic E-state index is 0.0284. The Morgan fingerprint density at radius 1 is 1.10 bits per heavy atom. The molecular weight excluding hydrogens is 527 g/mol.